The van der Waals surface area contributed by atoms with Crippen molar-refractivity contribution in [2.45, 2.75) is 52.4 Å². The molecular formula is C20H31F3N4. The zero-order valence-corrected chi connectivity index (χ0v) is 16.4. The first kappa shape index (κ1) is 21.5. The summed E-state index contributed by atoms with van der Waals surface area (Å²) in [6.07, 6.45) is -1.95. The van der Waals surface area contributed by atoms with E-state index in [2.05, 4.69) is 34.4 Å². The van der Waals surface area contributed by atoms with Crippen molar-refractivity contribution in [3.63, 3.8) is 0 Å². The second-order valence-corrected chi connectivity index (χ2v) is 7.37. The highest BCUT2D eigenvalue weighted by Gasteiger charge is 2.30. The van der Waals surface area contributed by atoms with Gasteiger partial charge in [-0.15, -0.1) is 0 Å². The number of hydrogen-bond acceptors (Lipinski definition) is 2. The van der Waals surface area contributed by atoms with Crippen molar-refractivity contribution in [1.29, 1.82) is 0 Å². The molecule has 1 aliphatic rings. The summed E-state index contributed by atoms with van der Waals surface area (Å²) < 4.78 is 38.5. The molecule has 1 heterocycles. The van der Waals surface area contributed by atoms with Crippen molar-refractivity contribution in [2.75, 3.05) is 26.2 Å². The molecule has 1 atom stereocenters. The zero-order chi connectivity index (χ0) is 19.9. The molecule has 1 aromatic carbocycles. The van der Waals surface area contributed by atoms with E-state index >= 15 is 0 Å². The molecule has 1 aromatic rings. The number of benzene rings is 1. The normalized spacial score (nSPS) is 19.4. The van der Waals surface area contributed by atoms with Crippen LogP contribution in [0.4, 0.5) is 13.2 Å². The smallest absolute Gasteiger partial charge is 0.357 e. The fraction of sp³-hybridized carbons (Fsp3) is 0.650. The Morgan fingerprint density at radius 1 is 1.30 bits per heavy atom. The molecule has 2 rings (SSSR count). The van der Waals surface area contributed by atoms with E-state index in [9.17, 15) is 13.2 Å². The monoisotopic (exact) mass is 384 g/mol. The van der Waals surface area contributed by atoms with Crippen LogP contribution in [0.1, 0.15) is 44.7 Å². The Bertz CT molecular complexity index is 613. The number of piperidine rings is 1. The third-order valence-electron chi connectivity index (χ3n) is 4.86. The molecule has 1 fully saturated rings. The van der Waals surface area contributed by atoms with Crippen LogP contribution in [0.2, 0.25) is 0 Å². The summed E-state index contributed by atoms with van der Waals surface area (Å²) in [5.41, 5.74) is -0.0881. The summed E-state index contributed by atoms with van der Waals surface area (Å²) >= 11 is 0. The molecule has 0 spiro atoms. The van der Waals surface area contributed by atoms with Gasteiger partial charge in [-0.3, -0.25) is 0 Å². The lowest BCUT2D eigenvalue weighted by molar-refractivity contribution is -0.137. The molecule has 0 aliphatic carbocycles. The van der Waals surface area contributed by atoms with E-state index in [0.29, 0.717) is 30.0 Å². The number of aliphatic imine (C=N–C) groups is 1. The van der Waals surface area contributed by atoms with Gasteiger partial charge in [0.2, 0.25) is 0 Å². The molecule has 0 amide bonds. The van der Waals surface area contributed by atoms with Crippen molar-refractivity contribution < 1.29 is 13.2 Å². The Morgan fingerprint density at radius 2 is 2.07 bits per heavy atom. The summed E-state index contributed by atoms with van der Waals surface area (Å²) in [5, 5.41) is 6.53. The van der Waals surface area contributed by atoms with Crippen LogP contribution in [-0.2, 0) is 12.7 Å². The van der Waals surface area contributed by atoms with Crippen molar-refractivity contribution in [3.05, 3.63) is 35.4 Å². The van der Waals surface area contributed by atoms with Crippen LogP contribution in [-0.4, -0.2) is 43.1 Å². The van der Waals surface area contributed by atoms with Crippen LogP contribution >= 0.6 is 0 Å². The molecule has 1 unspecified atom stereocenters. The minimum absolute atomic E-state index is 0.210. The predicted molar refractivity (Wildman–Crippen MR) is 104 cm³/mol. The molecule has 0 saturated carbocycles. The molecule has 7 heteroatoms. The van der Waals surface area contributed by atoms with Gasteiger partial charge in [0.15, 0.2) is 5.96 Å². The standard InChI is InChI=1S/C20H31F3N4/c1-4-24-19(26-13-17-8-6-10-27(14-17)15(2)3)25-12-16-7-5-9-18(11-16)20(21,22)23/h5,7,9,11,15,17H,4,6,8,10,12-14H2,1-3H3,(H2,24,25,26). The number of hydrogen-bond donors (Lipinski definition) is 2. The number of nitrogens with one attached hydrogen (secondary N) is 2. The van der Waals surface area contributed by atoms with Crippen LogP contribution < -0.4 is 10.6 Å². The maximum atomic E-state index is 12.8. The quantitative estimate of drug-likeness (QED) is 0.578. The molecule has 0 bridgehead atoms. The largest absolute Gasteiger partial charge is 0.416 e. The number of guanidine groups is 1. The Labute approximate surface area is 160 Å². The zero-order valence-electron chi connectivity index (χ0n) is 16.4. The number of alkyl halides is 3. The van der Waals surface area contributed by atoms with Crippen molar-refractivity contribution in [1.82, 2.24) is 15.5 Å². The highest BCUT2D eigenvalue weighted by atomic mass is 19.4. The summed E-state index contributed by atoms with van der Waals surface area (Å²) in [5.74, 6) is 1.20. The fourth-order valence-electron chi connectivity index (χ4n) is 3.33. The Morgan fingerprint density at radius 3 is 2.74 bits per heavy atom. The number of likely N-dealkylation sites (tertiary alicyclic amines) is 1. The van der Waals surface area contributed by atoms with Crippen LogP contribution in [0.3, 0.4) is 0 Å². The van der Waals surface area contributed by atoms with Gasteiger partial charge in [0, 0.05) is 25.7 Å². The van der Waals surface area contributed by atoms with E-state index in [1.165, 1.54) is 18.9 Å². The minimum Gasteiger partial charge on any atom is -0.357 e. The van der Waals surface area contributed by atoms with E-state index in [-0.39, 0.29) is 6.54 Å². The second-order valence-electron chi connectivity index (χ2n) is 7.37. The number of nitrogens with zero attached hydrogens (tertiary/aromatic N) is 2. The predicted octanol–water partition coefficient (Wildman–Crippen LogP) is 3.88. The van der Waals surface area contributed by atoms with Crippen molar-refractivity contribution >= 4 is 5.96 Å². The summed E-state index contributed by atoms with van der Waals surface area (Å²) in [6, 6.07) is 5.89. The minimum atomic E-state index is -4.33. The van der Waals surface area contributed by atoms with E-state index in [1.54, 1.807) is 6.07 Å². The number of rotatable bonds is 6. The topological polar surface area (TPSA) is 39.7 Å². The van der Waals surface area contributed by atoms with Crippen LogP contribution in [0.25, 0.3) is 0 Å². The Hall–Kier alpha value is -1.76. The molecule has 152 valence electrons. The Kier molecular flexibility index (Phi) is 7.95. The van der Waals surface area contributed by atoms with Gasteiger partial charge < -0.3 is 15.5 Å². The van der Waals surface area contributed by atoms with Gasteiger partial charge in [0.05, 0.1) is 12.1 Å². The molecule has 27 heavy (non-hydrogen) atoms. The lowest BCUT2D eigenvalue weighted by atomic mass is 9.97. The molecule has 0 radical (unpaired) electrons. The second kappa shape index (κ2) is 9.97. The van der Waals surface area contributed by atoms with Crippen LogP contribution in [0.5, 0.6) is 0 Å². The van der Waals surface area contributed by atoms with Crippen LogP contribution in [0, 0.1) is 5.92 Å². The third kappa shape index (κ3) is 7.05. The molecule has 1 saturated heterocycles. The van der Waals surface area contributed by atoms with E-state index in [4.69, 9.17) is 0 Å². The fourth-order valence-corrected chi connectivity index (χ4v) is 3.33. The van der Waals surface area contributed by atoms with Crippen molar-refractivity contribution in [2.24, 2.45) is 10.9 Å². The van der Waals surface area contributed by atoms with Gasteiger partial charge in [0.25, 0.3) is 0 Å². The highest BCUT2D eigenvalue weighted by molar-refractivity contribution is 5.79. The Balaban J connectivity index is 1.94. The summed E-state index contributed by atoms with van der Waals surface area (Å²) in [7, 11) is 0. The highest BCUT2D eigenvalue weighted by Crippen LogP contribution is 2.29. The summed E-state index contributed by atoms with van der Waals surface area (Å²) in [4.78, 5) is 6.95. The van der Waals surface area contributed by atoms with Crippen molar-refractivity contribution in [3.8, 4) is 0 Å². The van der Waals surface area contributed by atoms with Gasteiger partial charge in [0.1, 0.15) is 0 Å². The van der Waals surface area contributed by atoms with E-state index < -0.39 is 11.7 Å². The van der Waals surface area contributed by atoms with Gasteiger partial charge in [-0.1, -0.05) is 12.1 Å². The average Bonchev–Trinajstić information content (AvgIpc) is 2.64. The molecular weight excluding hydrogens is 353 g/mol. The van der Waals surface area contributed by atoms with Gasteiger partial charge >= 0.3 is 6.18 Å². The SMILES string of the molecule is CCNC(=NCc1cccc(C(F)(F)F)c1)NCC1CCCN(C(C)C)C1. The first-order valence-corrected chi connectivity index (χ1v) is 9.72. The lowest BCUT2D eigenvalue weighted by Gasteiger charge is -2.35. The first-order chi connectivity index (χ1) is 12.8. The van der Waals surface area contributed by atoms with Gasteiger partial charge in [-0.25, -0.2) is 4.99 Å². The van der Waals surface area contributed by atoms with Crippen LogP contribution in [0.15, 0.2) is 29.3 Å². The maximum Gasteiger partial charge on any atom is 0.416 e. The number of halogens is 3. The molecule has 1 aliphatic heterocycles. The maximum absolute atomic E-state index is 12.8. The molecule has 4 nitrogen and oxygen atoms in total. The first-order valence-electron chi connectivity index (χ1n) is 9.72. The summed E-state index contributed by atoms with van der Waals surface area (Å²) in [6.45, 7) is 10.4. The van der Waals surface area contributed by atoms with Gasteiger partial charge in [-0.05, 0) is 63.8 Å². The average molecular weight is 384 g/mol. The van der Waals surface area contributed by atoms with Gasteiger partial charge in [-0.2, -0.15) is 13.2 Å². The van der Waals surface area contributed by atoms with E-state index in [0.717, 1.165) is 31.8 Å². The molecule has 0 aromatic heterocycles. The van der Waals surface area contributed by atoms with E-state index in [1.807, 2.05) is 6.92 Å². The molecule has 2 N–H and O–H groups in total. The lowest BCUT2D eigenvalue weighted by Crippen LogP contribution is -2.46. The third-order valence-corrected chi connectivity index (χ3v) is 4.86.